The molecule has 542 valence electrons. The van der Waals surface area contributed by atoms with Crippen molar-refractivity contribution in [1.82, 2.24) is 5.32 Å². The maximum absolute atomic E-state index is 13.4. The third-order valence-electron chi connectivity index (χ3n) is 18.4. The quantitative estimate of drug-likeness (QED) is 0.0199. The smallest absolute Gasteiger partial charge is 0.220 e. The van der Waals surface area contributed by atoms with Gasteiger partial charge < -0.3 is 89.9 Å². The summed E-state index contributed by atoms with van der Waals surface area (Å²) < 4.78 is 34.4. The van der Waals surface area contributed by atoms with Gasteiger partial charge in [0.05, 0.1) is 38.6 Å². The molecule has 3 fully saturated rings. The van der Waals surface area contributed by atoms with Crippen LogP contribution in [0.4, 0.5) is 0 Å². The fourth-order valence-electron chi connectivity index (χ4n) is 12.4. The molecule has 0 aromatic rings. The highest BCUT2D eigenvalue weighted by Crippen LogP contribution is 2.33. The lowest BCUT2D eigenvalue weighted by molar-refractivity contribution is -0.379. The molecule has 3 aliphatic heterocycles. The monoisotopic (exact) mass is 1320 g/mol. The number of carbonyl (C=O) groups excluding carboxylic acids is 1. The van der Waals surface area contributed by atoms with Crippen molar-refractivity contribution in [2.75, 3.05) is 26.4 Å². The van der Waals surface area contributed by atoms with Crippen molar-refractivity contribution >= 4 is 5.91 Å². The molecule has 0 aliphatic carbocycles. The number of ether oxygens (including phenoxy) is 6. The van der Waals surface area contributed by atoms with Crippen molar-refractivity contribution in [2.24, 2.45) is 0 Å². The zero-order valence-corrected chi connectivity index (χ0v) is 57.5. The second-order valence-corrected chi connectivity index (χ2v) is 26.4. The summed E-state index contributed by atoms with van der Waals surface area (Å²) in [6.45, 7) is 1.66. The van der Waals surface area contributed by atoms with Crippen LogP contribution in [0.15, 0.2) is 60.8 Å². The number of unbranched alkanes of at least 4 members (excludes halogenated alkanes) is 31. The molecule has 0 aromatic heterocycles. The molecule has 3 saturated heterocycles. The van der Waals surface area contributed by atoms with Gasteiger partial charge in [-0.2, -0.15) is 0 Å². The fraction of sp³-hybridized carbons (Fsp3) is 0.851. The second-order valence-electron chi connectivity index (χ2n) is 26.4. The highest BCUT2D eigenvalue weighted by Gasteiger charge is 2.53. The van der Waals surface area contributed by atoms with Crippen LogP contribution in [0.25, 0.3) is 0 Å². The highest BCUT2D eigenvalue weighted by molar-refractivity contribution is 5.76. The lowest BCUT2D eigenvalue weighted by Crippen LogP contribution is -2.66. The van der Waals surface area contributed by atoms with Crippen LogP contribution in [0.3, 0.4) is 0 Å². The van der Waals surface area contributed by atoms with E-state index in [1.54, 1.807) is 0 Å². The minimum absolute atomic E-state index is 0.186. The molecule has 17 atom stereocenters. The Labute approximate surface area is 560 Å². The van der Waals surface area contributed by atoms with Crippen LogP contribution in [-0.2, 0) is 33.2 Å². The SMILES string of the molecule is CC/C=C\C/C=C\C/C=C\C/C=C\C/C=C\CCCC(=O)NC(COC1OC(CO)C(OC2OC(CO)C(OC3OC(CO)C(O)C(O)C3O)C(O)C2O)C(O)C1O)C(O)CCCCCCCCCCCCCCCCCCCCCCCCCCCCCCCCC. The van der Waals surface area contributed by atoms with Gasteiger partial charge in [-0.3, -0.25) is 4.79 Å². The number of hydrogen-bond donors (Lipinski definition) is 12. The van der Waals surface area contributed by atoms with E-state index in [-0.39, 0.29) is 18.9 Å². The van der Waals surface area contributed by atoms with E-state index in [2.05, 4.69) is 73.8 Å². The number of hydrogen-bond acceptors (Lipinski definition) is 18. The number of carbonyl (C=O) groups is 1. The van der Waals surface area contributed by atoms with Gasteiger partial charge in [0, 0.05) is 6.42 Å². The zero-order valence-electron chi connectivity index (χ0n) is 57.5. The third-order valence-corrected chi connectivity index (χ3v) is 18.4. The van der Waals surface area contributed by atoms with Crippen LogP contribution in [-0.4, -0.2) is 193 Å². The number of nitrogens with one attached hydrogen (secondary N) is 1. The summed E-state index contributed by atoms with van der Waals surface area (Å²) in [6, 6.07) is -0.921. The predicted molar refractivity (Wildman–Crippen MR) is 365 cm³/mol. The van der Waals surface area contributed by atoms with Crippen LogP contribution in [0.2, 0.25) is 0 Å². The van der Waals surface area contributed by atoms with Crippen LogP contribution >= 0.6 is 0 Å². The first-order valence-corrected chi connectivity index (χ1v) is 37.0. The molecule has 0 saturated carbocycles. The van der Waals surface area contributed by atoms with Crippen molar-refractivity contribution in [3.63, 3.8) is 0 Å². The van der Waals surface area contributed by atoms with Crippen LogP contribution in [0, 0.1) is 0 Å². The Hall–Kier alpha value is -2.51. The molecule has 1 amide bonds. The van der Waals surface area contributed by atoms with Crippen molar-refractivity contribution in [1.29, 1.82) is 0 Å². The van der Waals surface area contributed by atoms with E-state index in [4.69, 9.17) is 28.4 Å². The number of rotatable bonds is 57. The van der Waals surface area contributed by atoms with Gasteiger partial charge in [0.1, 0.15) is 73.2 Å². The Bertz CT molecular complexity index is 1920. The first kappa shape index (κ1) is 84.7. The van der Waals surface area contributed by atoms with Gasteiger partial charge in [0.25, 0.3) is 0 Å². The van der Waals surface area contributed by atoms with E-state index in [0.717, 1.165) is 51.4 Å². The molecule has 0 radical (unpaired) electrons. The summed E-state index contributed by atoms with van der Waals surface area (Å²) in [5.74, 6) is -0.298. The number of allylic oxidation sites excluding steroid dienone is 10. The van der Waals surface area contributed by atoms with Crippen LogP contribution in [0.5, 0.6) is 0 Å². The lowest BCUT2D eigenvalue weighted by atomic mass is 9.96. The Morgan fingerprint density at radius 3 is 1.12 bits per heavy atom. The highest BCUT2D eigenvalue weighted by atomic mass is 16.8. The van der Waals surface area contributed by atoms with Gasteiger partial charge >= 0.3 is 0 Å². The molecule has 3 rings (SSSR count). The van der Waals surface area contributed by atoms with Crippen LogP contribution in [0.1, 0.15) is 271 Å². The molecule has 12 N–H and O–H groups in total. The average molecular weight is 1320 g/mol. The fourth-order valence-corrected chi connectivity index (χ4v) is 12.4. The van der Waals surface area contributed by atoms with Gasteiger partial charge in [-0.05, 0) is 51.4 Å². The van der Waals surface area contributed by atoms with E-state index in [1.165, 1.54) is 173 Å². The molecular formula is C74H133NO18. The largest absolute Gasteiger partial charge is 0.394 e. The standard InChI is InChI=1S/C74H133NO18/c1-3-5-7-9-11-13-15-17-19-21-22-23-24-25-26-27-28-29-30-31-32-33-34-36-37-39-41-43-45-47-49-51-58(79)57(75-62(80)52-50-48-46-44-42-40-38-35-20-18-16-14-12-10-8-6-4-2)56-88-72-68(86)65(83)70(60(54-77)90-72)93-74-69(87)66(84)71(61(55-78)91-74)92-73-67(85)64(82)63(81)59(53-76)89-73/h6,8,12,14,18,20,38,40,44,46,57-61,63-74,76-79,81-87H,3-5,7,9-11,13,15-17,19,21-37,39,41-43,45,47-56H2,1-2H3,(H,75,80)/b8-6-,14-12-,20-18-,40-38-,46-44-. The number of aliphatic hydroxyl groups is 11. The molecule has 17 unspecified atom stereocenters. The topological polar surface area (TPSA) is 307 Å². The molecular weight excluding hydrogens is 1190 g/mol. The molecule has 0 bridgehead atoms. The predicted octanol–water partition coefficient (Wildman–Crippen LogP) is 10.7. The molecule has 19 heteroatoms. The maximum atomic E-state index is 13.4. The van der Waals surface area contributed by atoms with Crippen molar-refractivity contribution in [2.45, 2.75) is 375 Å². The van der Waals surface area contributed by atoms with E-state index in [9.17, 15) is 61.0 Å². The molecule has 0 aromatic carbocycles. The minimum atomic E-state index is -1.98. The molecule has 0 spiro atoms. The maximum Gasteiger partial charge on any atom is 0.220 e. The first-order chi connectivity index (χ1) is 45.3. The second kappa shape index (κ2) is 55.4. The summed E-state index contributed by atoms with van der Waals surface area (Å²) in [5.41, 5.74) is 0. The summed E-state index contributed by atoms with van der Waals surface area (Å²) in [7, 11) is 0. The van der Waals surface area contributed by atoms with Gasteiger partial charge in [0.2, 0.25) is 5.91 Å². The van der Waals surface area contributed by atoms with E-state index in [1.807, 2.05) is 6.08 Å². The lowest BCUT2D eigenvalue weighted by Gasteiger charge is -2.48. The molecule has 3 aliphatic rings. The summed E-state index contributed by atoms with van der Waals surface area (Å²) >= 11 is 0. The van der Waals surface area contributed by atoms with Crippen molar-refractivity contribution < 1.29 is 89.4 Å². The number of amides is 1. The van der Waals surface area contributed by atoms with Gasteiger partial charge in [-0.1, -0.05) is 274 Å². The third kappa shape index (κ3) is 36.8. The van der Waals surface area contributed by atoms with E-state index < -0.39 is 124 Å². The minimum Gasteiger partial charge on any atom is -0.394 e. The summed E-state index contributed by atoms with van der Waals surface area (Å²) in [5, 5.41) is 121. The average Bonchev–Trinajstić information content (AvgIpc) is 0.815. The Morgan fingerprint density at radius 2 is 0.731 bits per heavy atom. The zero-order chi connectivity index (χ0) is 67.5. The van der Waals surface area contributed by atoms with Gasteiger partial charge in [-0.15, -0.1) is 0 Å². The van der Waals surface area contributed by atoms with Gasteiger partial charge in [-0.25, -0.2) is 0 Å². The molecule has 93 heavy (non-hydrogen) atoms. The molecule has 19 nitrogen and oxygen atoms in total. The molecule has 3 heterocycles. The van der Waals surface area contributed by atoms with Crippen molar-refractivity contribution in [3.8, 4) is 0 Å². The van der Waals surface area contributed by atoms with E-state index >= 15 is 0 Å². The Kier molecular flexibility index (Phi) is 50.4. The Morgan fingerprint density at radius 1 is 0.398 bits per heavy atom. The Balaban J connectivity index is 1.39. The summed E-state index contributed by atoms with van der Waals surface area (Å²) in [4.78, 5) is 13.4. The first-order valence-electron chi connectivity index (χ1n) is 37.0. The van der Waals surface area contributed by atoms with Gasteiger partial charge in [0.15, 0.2) is 18.9 Å². The van der Waals surface area contributed by atoms with E-state index in [0.29, 0.717) is 25.7 Å². The summed E-state index contributed by atoms with van der Waals surface area (Å²) in [6.07, 6.45) is 41.9. The van der Waals surface area contributed by atoms with Crippen LogP contribution < -0.4 is 5.32 Å². The van der Waals surface area contributed by atoms with Crippen molar-refractivity contribution in [3.05, 3.63) is 60.8 Å². The normalized spacial score (nSPS) is 27.9. The number of aliphatic hydroxyl groups excluding tert-OH is 11.